The van der Waals surface area contributed by atoms with E-state index in [1.165, 1.54) is 28.8 Å². The molecule has 0 radical (unpaired) electrons. The SMILES string of the molecule is CC1C(OC(=O)N(C)C)=CC=C(F)C1=C1C=NCS1. The predicted octanol–water partition coefficient (Wildman–Crippen LogP) is 3.10. The first-order valence-corrected chi connectivity index (χ1v) is 6.83. The van der Waals surface area contributed by atoms with Crippen LogP contribution in [0.4, 0.5) is 9.18 Å². The number of carbonyl (C=O) groups excluding carboxylic acids is 1. The van der Waals surface area contributed by atoms with Crippen molar-refractivity contribution < 1.29 is 13.9 Å². The van der Waals surface area contributed by atoms with Crippen molar-refractivity contribution >= 4 is 24.1 Å². The van der Waals surface area contributed by atoms with E-state index in [0.29, 0.717) is 17.2 Å². The fourth-order valence-corrected chi connectivity index (χ4v) is 2.66. The Bertz CT molecular complexity index is 521. The molecule has 0 saturated carbocycles. The van der Waals surface area contributed by atoms with Gasteiger partial charge >= 0.3 is 6.09 Å². The molecular weight excluding hydrogens is 267 g/mol. The van der Waals surface area contributed by atoms with Gasteiger partial charge in [0, 0.05) is 36.7 Å². The van der Waals surface area contributed by atoms with Gasteiger partial charge in [-0.15, -0.1) is 11.8 Å². The summed E-state index contributed by atoms with van der Waals surface area (Å²) in [6, 6.07) is 0. The van der Waals surface area contributed by atoms with Gasteiger partial charge in [-0.2, -0.15) is 0 Å². The normalized spacial score (nSPS) is 26.0. The van der Waals surface area contributed by atoms with E-state index in [2.05, 4.69) is 4.99 Å². The van der Waals surface area contributed by atoms with Crippen molar-refractivity contribution in [1.82, 2.24) is 4.90 Å². The van der Waals surface area contributed by atoms with Crippen molar-refractivity contribution in [2.45, 2.75) is 6.92 Å². The first-order chi connectivity index (χ1) is 9.00. The van der Waals surface area contributed by atoms with Crippen LogP contribution >= 0.6 is 11.8 Å². The van der Waals surface area contributed by atoms with E-state index in [1.807, 2.05) is 6.92 Å². The summed E-state index contributed by atoms with van der Waals surface area (Å²) >= 11 is 1.48. The van der Waals surface area contributed by atoms with Gasteiger partial charge in [-0.25, -0.2) is 9.18 Å². The maximum Gasteiger partial charge on any atom is 0.414 e. The maximum absolute atomic E-state index is 14.0. The molecule has 0 bridgehead atoms. The van der Waals surface area contributed by atoms with Crippen molar-refractivity contribution in [2.24, 2.45) is 10.9 Å². The van der Waals surface area contributed by atoms with E-state index >= 15 is 0 Å². The van der Waals surface area contributed by atoms with Crippen LogP contribution in [0.1, 0.15) is 6.92 Å². The highest BCUT2D eigenvalue weighted by atomic mass is 32.2. The Morgan fingerprint density at radius 1 is 1.53 bits per heavy atom. The van der Waals surface area contributed by atoms with Crippen molar-refractivity contribution in [3.63, 3.8) is 0 Å². The van der Waals surface area contributed by atoms with Gasteiger partial charge in [0.05, 0.1) is 5.88 Å². The van der Waals surface area contributed by atoms with Crippen LogP contribution in [0.25, 0.3) is 0 Å². The first kappa shape index (κ1) is 13.9. The van der Waals surface area contributed by atoms with E-state index in [9.17, 15) is 9.18 Å². The molecule has 2 rings (SSSR count). The second-order valence-corrected chi connectivity index (χ2v) is 5.42. The quantitative estimate of drug-likeness (QED) is 0.742. The lowest BCUT2D eigenvalue weighted by Gasteiger charge is -2.23. The number of hydrogen-bond acceptors (Lipinski definition) is 4. The number of nitrogens with zero attached hydrogens (tertiary/aromatic N) is 2. The topological polar surface area (TPSA) is 41.9 Å². The highest BCUT2D eigenvalue weighted by Gasteiger charge is 2.28. The molecule has 1 unspecified atom stereocenters. The molecule has 0 spiro atoms. The predicted molar refractivity (Wildman–Crippen MR) is 74.6 cm³/mol. The van der Waals surface area contributed by atoms with E-state index in [1.54, 1.807) is 20.3 Å². The fourth-order valence-electron chi connectivity index (χ4n) is 1.80. The molecule has 0 aromatic carbocycles. The van der Waals surface area contributed by atoms with E-state index in [0.717, 1.165) is 4.91 Å². The van der Waals surface area contributed by atoms with Crippen LogP contribution in [0.5, 0.6) is 0 Å². The fraction of sp³-hybridized carbons (Fsp3) is 0.385. The van der Waals surface area contributed by atoms with Crippen LogP contribution in [0, 0.1) is 5.92 Å². The molecule has 6 heteroatoms. The van der Waals surface area contributed by atoms with Gasteiger partial charge in [0.15, 0.2) is 0 Å². The van der Waals surface area contributed by atoms with Gasteiger partial charge in [-0.05, 0) is 12.2 Å². The zero-order chi connectivity index (χ0) is 14.0. The highest BCUT2D eigenvalue weighted by molar-refractivity contribution is 8.04. The minimum absolute atomic E-state index is 0.298. The molecule has 0 N–H and O–H groups in total. The Morgan fingerprint density at radius 2 is 2.26 bits per heavy atom. The number of carbonyl (C=O) groups is 1. The summed E-state index contributed by atoms with van der Waals surface area (Å²) in [5.74, 6) is 0.451. The summed E-state index contributed by atoms with van der Waals surface area (Å²) in [6.07, 6.45) is 4.03. The second-order valence-electron chi connectivity index (χ2n) is 4.43. The number of amides is 1. The number of halogens is 1. The van der Waals surface area contributed by atoms with Crippen LogP contribution < -0.4 is 0 Å². The van der Waals surface area contributed by atoms with Crippen LogP contribution in [-0.4, -0.2) is 37.2 Å². The molecule has 0 saturated heterocycles. The average Bonchev–Trinajstić information content (AvgIpc) is 2.86. The number of allylic oxidation sites excluding steroid dienone is 5. The largest absolute Gasteiger partial charge is 0.414 e. The molecule has 0 fully saturated rings. The molecule has 1 heterocycles. The maximum atomic E-state index is 14.0. The third kappa shape index (κ3) is 2.89. The molecule has 2 aliphatic rings. The number of rotatable bonds is 1. The molecule has 1 amide bonds. The second kappa shape index (κ2) is 5.61. The lowest BCUT2D eigenvalue weighted by atomic mass is 9.93. The van der Waals surface area contributed by atoms with Gasteiger partial charge in [0.1, 0.15) is 11.6 Å². The van der Waals surface area contributed by atoms with E-state index < -0.39 is 6.09 Å². The molecule has 1 aliphatic carbocycles. The summed E-state index contributed by atoms with van der Waals surface area (Å²) < 4.78 is 19.2. The Balaban J connectivity index is 2.27. The van der Waals surface area contributed by atoms with Crippen molar-refractivity contribution in [3.8, 4) is 0 Å². The minimum atomic E-state index is -0.467. The molecule has 0 aromatic heterocycles. The van der Waals surface area contributed by atoms with Crippen LogP contribution in [0.15, 0.2) is 39.2 Å². The summed E-state index contributed by atoms with van der Waals surface area (Å²) in [7, 11) is 3.21. The Hall–Kier alpha value is -1.56. The molecule has 4 nitrogen and oxygen atoms in total. The van der Waals surface area contributed by atoms with Crippen molar-refractivity contribution in [1.29, 1.82) is 0 Å². The minimum Gasteiger partial charge on any atom is -0.414 e. The molecule has 19 heavy (non-hydrogen) atoms. The highest BCUT2D eigenvalue weighted by Crippen LogP contribution is 2.38. The van der Waals surface area contributed by atoms with Crippen LogP contribution in [0.2, 0.25) is 0 Å². The van der Waals surface area contributed by atoms with E-state index in [4.69, 9.17) is 4.74 Å². The number of hydrogen-bond donors (Lipinski definition) is 0. The zero-order valence-electron chi connectivity index (χ0n) is 11.0. The summed E-state index contributed by atoms with van der Waals surface area (Å²) in [5, 5.41) is 0. The number of ether oxygens (including phenoxy) is 1. The standard InChI is InChI=1S/C13H15FN2O2S/c1-8-10(18-13(17)16(2)3)5-4-9(14)12(8)11-6-15-7-19-11/h4-6,8H,7H2,1-3H3. The summed E-state index contributed by atoms with van der Waals surface area (Å²) in [6.45, 7) is 1.82. The third-order valence-corrected chi connectivity index (χ3v) is 3.76. The number of thioether (sulfide) groups is 1. The van der Waals surface area contributed by atoms with Gasteiger partial charge in [0.25, 0.3) is 0 Å². The number of aliphatic imine (C=N–C) groups is 1. The lowest BCUT2D eigenvalue weighted by molar-refractivity contribution is 0.139. The van der Waals surface area contributed by atoms with E-state index in [-0.39, 0.29) is 11.7 Å². The molecular formula is C13H15FN2O2S. The third-order valence-electron chi connectivity index (χ3n) is 2.85. The first-order valence-electron chi connectivity index (χ1n) is 5.84. The van der Waals surface area contributed by atoms with Crippen LogP contribution in [0.3, 0.4) is 0 Å². The summed E-state index contributed by atoms with van der Waals surface area (Å²) in [5.41, 5.74) is 0.537. The smallest absolute Gasteiger partial charge is 0.414 e. The van der Waals surface area contributed by atoms with Gasteiger partial charge in [-0.3, -0.25) is 4.99 Å². The average molecular weight is 282 g/mol. The lowest BCUT2D eigenvalue weighted by Crippen LogP contribution is -2.25. The van der Waals surface area contributed by atoms with Gasteiger partial charge < -0.3 is 9.64 Å². The Labute approximate surface area is 115 Å². The molecule has 1 atom stereocenters. The van der Waals surface area contributed by atoms with Gasteiger partial charge in [-0.1, -0.05) is 6.92 Å². The Kier molecular flexibility index (Phi) is 4.09. The molecule has 0 aromatic rings. The van der Waals surface area contributed by atoms with Crippen molar-refractivity contribution in [3.05, 3.63) is 34.2 Å². The summed E-state index contributed by atoms with van der Waals surface area (Å²) in [4.78, 5) is 17.8. The molecule has 102 valence electrons. The molecule has 1 aliphatic heterocycles. The van der Waals surface area contributed by atoms with Crippen molar-refractivity contribution in [2.75, 3.05) is 20.0 Å². The monoisotopic (exact) mass is 282 g/mol. The zero-order valence-corrected chi connectivity index (χ0v) is 11.8. The van der Waals surface area contributed by atoms with Gasteiger partial charge in [0.2, 0.25) is 0 Å². The Morgan fingerprint density at radius 3 is 2.84 bits per heavy atom. The van der Waals surface area contributed by atoms with Crippen LogP contribution in [-0.2, 0) is 4.74 Å².